The molecular weight excluding hydrogens is 642 g/mol. The quantitative estimate of drug-likeness (QED) is 0.106. The smallest absolute Gasteiger partial charge is 0.264 e. The lowest BCUT2D eigenvalue weighted by atomic mass is 9.82. The number of aliphatic hydroxyl groups excluding tert-OH is 1. The van der Waals surface area contributed by atoms with E-state index < -0.39 is 31.6 Å². The van der Waals surface area contributed by atoms with Crippen molar-refractivity contribution in [3.63, 3.8) is 0 Å². The molecule has 3 heterocycles. The zero-order valence-corrected chi connectivity index (χ0v) is 29.2. The monoisotopic (exact) mass is 683 g/mol. The second-order valence-corrected chi connectivity index (χ2v) is 17.0. The zero-order valence-electron chi connectivity index (χ0n) is 28.2. The van der Waals surface area contributed by atoms with Crippen molar-refractivity contribution in [1.29, 1.82) is 0 Å². The van der Waals surface area contributed by atoms with E-state index in [1.165, 1.54) is 0 Å². The van der Waals surface area contributed by atoms with E-state index in [1.807, 2.05) is 37.3 Å². The number of methoxy groups -OCH3 is 1. The van der Waals surface area contributed by atoms with Gasteiger partial charge in [0.2, 0.25) is 8.41 Å². The molecule has 1 aromatic heterocycles. The summed E-state index contributed by atoms with van der Waals surface area (Å²) in [6.45, 7) is 9.59. The number of aliphatic hydroxyl groups is 1. The van der Waals surface area contributed by atoms with E-state index in [0.29, 0.717) is 46.9 Å². The van der Waals surface area contributed by atoms with Crippen molar-refractivity contribution in [2.75, 3.05) is 30.5 Å². The summed E-state index contributed by atoms with van der Waals surface area (Å²) in [5.41, 5.74) is 1.78. The molecule has 10 nitrogen and oxygen atoms in total. The van der Waals surface area contributed by atoms with E-state index >= 15 is 4.11 Å². The lowest BCUT2D eigenvalue weighted by Crippen LogP contribution is -2.45. The summed E-state index contributed by atoms with van der Waals surface area (Å²) in [6, 6.07) is 21.7. The van der Waals surface area contributed by atoms with Crippen LogP contribution in [0.15, 0.2) is 91.6 Å². The average Bonchev–Trinajstić information content (AvgIpc) is 3.75. The maximum atomic E-state index is 16.3. The standard InChI is InChI=1S/C37H42FN5O5Si/c1-6-19-43-32-17-14-27(39-35(45)26-12-15-28(47-3)16-13-26)21-30(32)37(36(43)46)24(2)34(49(4,5)38)33(48-37)18-20-42-22-31(40-41-42)29(23-44)25-10-8-7-9-11-25/h6-17,21-22,24,29,33-34,44H,1,18-20,23H2,2-5H3,(H,39,45)/t24-,29?,33+,34-,37+/m0/s1. The van der Waals surface area contributed by atoms with Gasteiger partial charge in [0.25, 0.3) is 11.8 Å². The lowest BCUT2D eigenvalue weighted by Gasteiger charge is -2.31. The normalized spacial score (nSPS) is 22.3. The molecule has 1 spiro atoms. The van der Waals surface area contributed by atoms with E-state index in [9.17, 15) is 14.7 Å². The minimum atomic E-state index is -3.40. The molecule has 2 aliphatic heterocycles. The summed E-state index contributed by atoms with van der Waals surface area (Å²) in [4.78, 5) is 29.2. The Kier molecular flexibility index (Phi) is 9.56. The highest BCUT2D eigenvalue weighted by molar-refractivity contribution is 6.72. The highest BCUT2D eigenvalue weighted by atomic mass is 28.4. The number of benzene rings is 3. The Labute approximate surface area is 286 Å². The Morgan fingerprint density at radius 1 is 1.18 bits per heavy atom. The molecule has 2 aliphatic rings. The second kappa shape index (κ2) is 13.7. The van der Waals surface area contributed by atoms with Crippen molar-refractivity contribution in [3.8, 4) is 5.75 Å². The molecule has 1 unspecified atom stereocenters. The van der Waals surface area contributed by atoms with Crippen LogP contribution in [0.5, 0.6) is 5.75 Å². The third kappa shape index (κ3) is 6.31. The van der Waals surface area contributed by atoms with Gasteiger partial charge in [0, 0.05) is 47.6 Å². The van der Waals surface area contributed by atoms with Crippen LogP contribution in [0.25, 0.3) is 0 Å². The fraction of sp³-hybridized carbons (Fsp3) is 0.351. The van der Waals surface area contributed by atoms with E-state index in [1.54, 1.807) is 84.5 Å². The van der Waals surface area contributed by atoms with Crippen LogP contribution in [0.3, 0.4) is 0 Å². The predicted octanol–water partition coefficient (Wildman–Crippen LogP) is 6.06. The van der Waals surface area contributed by atoms with Gasteiger partial charge >= 0.3 is 0 Å². The van der Waals surface area contributed by atoms with Crippen molar-refractivity contribution in [3.05, 3.63) is 114 Å². The number of rotatable bonds is 12. The molecule has 1 fully saturated rings. The number of nitrogens with one attached hydrogen (secondary N) is 1. The zero-order chi connectivity index (χ0) is 34.9. The van der Waals surface area contributed by atoms with Crippen molar-refractivity contribution in [2.24, 2.45) is 5.92 Å². The van der Waals surface area contributed by atoms with Crippen LogP contribution >= 0.6 is 0 Å². The third-order valence-corrected chi connectivity index (χ3v) is 12.3. The Morgan fingerprint density at radius 2 is 1.92 bits per heavy atom. The van der Waals surface area contributed by atoms with E-state index in [4.69, 9.17) is 9.47 Å². The third-order valence-electron chi connectivity index (χ3n) is 9.82. The Balaban J connectivity index is 1.30. The number of carbonyl (C=O) groups is 2. The van der Waals surface area contributed by atoms with E-state index in [0.717, 1.165) is 5.56 Å². The number of fused-ring (bicyclic) bond motifs is 2. The minimum Gasteiger partial charge on any atom is -0.497 e. The first-order valence-corrected chi connectivity index (χ1v) is 19.4. The van der Waals surface area contributed by atoms with E-state index in [2.05, 4.69) is 22.2 Å². The molecule has 5 atom stereocenters. The van der Waals surface area contributed by atoms with Crippen LogP contribution in [0.2, 0.25) is 18.6 Å². The minimum absolute atomic E-state index is 0.122. The van der Waals surface area contributed by atoms with Gasteiger partial charge < -0.3 is 28.9 Å². The summed E-state index contributed by atoms with van der Waals surface area (Å²) in [5.74, 6) is -0.774. The van der Waals surface area contributed by atoms with Gasteiger partial charge in [-0.3, -0.25) is 14.3 Å². The number of carbonyl (C=O) groups excluding carboxylic acids is 2. The first kappa shape index (κ1) is 34.2. The van der Waals surface area contributed by atoms with Gasteiger partial charge in [-0.05, 0) is 67.5 Å². The van der Waals surface area contributed by atoms with Gasteiger partial charge in [-0.1, -0.05) is 48.5 Å². The number of ether oxygens (including phenoxy) is 2. The molecule has 0 radical (unpaired) electrons. The fourth-order valence-electron chi connectivity index (χ4n) is 7.55. The van der Waals surface area contributed by atoms with Crippen LogP contribution in [-0.2, 0) is 21.7 Å². The second-order valence-electron chi connectivity index (χ2n) is 13.2. The van der Waals surface area contributed by atoms with E-state index in [-0.39, 0.29) is 30.9 Å². The molecule has 2 amide bonds. The molecule has 0 saturated carbocycles. The molecular formula is C37H42FN5O5Si. The largest absolute Gasteiger partial charge is 0.497 e. The summed E-state index contributed by atoms with van der Waals surface area (Å²) in [7, 11) is -1.84. The summed E-state index contributed by atoms with van der Waals surface area (Å²) in [5, 5.41) is 21.7. The Morgan fingerprint density at radius 3 is 2.57 bits per heavy atom. The number of nitrogens with zero attached hydrogens (tertiary/aromatic N) is 4. The molecule has 0 bridgehead atoms. The highest BCUT2D eigenvalue weighted by Gasteiger charge is 2.66. The molecule has 2 N–H and O–H groups in total. The topological polar surface area (TPSA) is 119 Å². The van der Waals surface area contributed by atoms with Crippen molar-refractivity contribution >= 4 is 31.6 Å². The number of hydrogen-bond acceptors (Lipinski definition) is 7. The molecule has 49 heavy (non-hydrogen) atoms. The first-order chi connectivity index (χ1) is 23.5. The van der Waals surface area contributed by atoms with Gasteiger partial charge in [0.05, 0.1) is 37.1 Å². The van der Waals surface area contributed by atoms with Crippen molar-refractivity contribution in [1.82, 2.24) is 15.0 Å². The number of amides is 2. The maximum Gasteiger partial charge on any atom is 0.264 e. The Bertz CT molecular complexity index is 1830. The van der Waals surface area contributed by atoms with Gasteiger partial charge in [-0.15, -0.1) is 11.7 Å². The summed E-state index contributed by atoms with van der Waals surface area (Å²) >= 11 is 0. The molecule has 12 heteroatoms. The van der Waals surface area contributed by atoms with Crippen LogP contribution in [0.4, 0.5) is 15.5 Å². The molecule has 256 valence electrons. The Hall–Kier alpha value is -4.65. The fourth-order valence-corrected chi connectivity index (χ4v) is 10.1. The average molecular weight is 684 g/mol. The van der Waals surface area contributed by atoms with Gasteiger partial charge in [0.1, 0.15) is 5.75 Å². The summed E-state index contributed by atoms with van der Waals surface area (Å²) in [6.07, 6.45) is 3.26. The number of hydrogen-bond donors (Lipinski definition) is 2. The highest BCUT2D eigenvalue weighted by Crippen LogP contribution is 2.60. The molecule has 4 aromatic rings. The number of aromatic nitrogens is 3. The number of aryl methyl sites for hydroxylation is 1. The predicted molar refractivity (Wildman–Crippen MR) is 188 cm³/mol. The number of anilines is 2. The van der Waals surface area contributed by atoms with Crippen LogP contribution < -0.4 is 15.0 Å². The van der Waals surface area contributed by atoms with Gasteiger partial charge in [-0.25, -0.2) is 0 Å². The van der Waals surface area contributed by atoms with Gasteiger partial charge in [-0.2, -0.15) is 0 Å². The van der Waals surface area contributed by atoms with Crippen LogP contribution in [-0.4, -0.2) is 66.7 Å². The van der Waals surface area contributed by atoms with Gasteiger partial charge in [0.15, 0.2) is 5.60 Å². The molecule has 1 saturated heterocycles. The summed E-state index contributed by atoms with van der Waals surface area (Å²) < 4.78 is 30.1. The first-order valence-electron chi connectivity index (χ1n) is 16.5. The SMILES string of the molecule is C=CCN1C(=O)[C@]2(O[C@H](CCn3cc(C(CO)c4ccccc4)nn3)[C@@H]([Si](C)(C)F)[C@@H]2C)c2cc(NC(=O)c3ccc(OC)cc3)ccc21. The molecule has 6 rings (SSSR count). The van der Waals surface area contributed by atoms with Crippen molar-refractivity contribution < 1.29 is 28.3 Å². The number of halogens is 1. The van der Waals surface area contributed by atoms with Crippen LogP contribution in [0.1, 0.15) is 46.4 Å². The molecule has 3 aromatic carbocycles. The van der Waals surface area contributed by atoms with Crippen molar-refractivity contribution in [2.45, 2.75) is 56.1 Å². The molecule has 0 aliphatic carbocycles. The maximum absolute atomic E-state index is 16.3. The van der Waals surface area contributed by atoms with Crippen LogP contribution in [0, 0.1) is 5.92 Å². The lowest BCUT2D eigenvalue weighted by molar-refractivity contribution is -0.145.